The Kier molecular flexibility index (Phi) is 2.36. The van der Waals surface area contributed by atoms with Crippen LogP contribution in [0, 0.1) is 5.92 Å². The molecule has 0 aromatic heterocycles. The van der Waals surface area contributed by atoms with Gasteiger partial charge in [-0.1, -0.05) is 20.8 Å². The molecule has 1 heterocycles. The van der Waals surface area contributed by atoms with E-state index in [1.54, 1.807) is 0 Å². The summed E-state index contributed by atoms with van der Waals surface area (Å²) in [6.07, 6.45) is 2.32. The standard InChI is InChI=1S/C9H16O/c1-4-8-5-6-10-9(8)7(2)3/h7H,4-6H2,1-3H3. The first-order valence-corrected chi connectivity index (χ1v) is 4.10. The summed E-state index contributed by atoms with van der Waals surface area (Å²) in [4.78, 5) is 0. The topological polar surface area (TPSA) is 9.23 Å². The van der Waals surface area contributed by atoms with Crippen LogP contribution in [0.5, 0.6) is 0 Å². The minimum Gasteiger partial charge on any atom is -0.497 e. The predicted octanol–water partition coefficient (Wildman–Crippen LogP) is 2.73. The van der Waals surface area contributed by atoms with Crippen molar-refractivity contribution < 1.29 is 4.74 Å². The Morgan fingerprint density at radius 1 is 1.50 bits per heavy atom. The predicted molar refractivity (Wildman–Crippen MR) is 42.7 cm³/mol. The highest BCUT2D eigenvalue weighted by molar-refractivity contribution is 5.13. The van der Waals surface area contributed by atoms with E-state index in [2.05, 4.69) is 20.8 Å². The van der Waals surface area contributed by atoms with Crippen molar-refractivity contribution in [3.8, 4) is 0 Å². The lowest BCUT2D eigenvalue weighted by molar-refractivity contribution is 0.216. The molecule has 0 aromatic carbocycles. The average molecular weight is 140 g/mol. The van der Waals surface area contributed by atoms with Gasteiger partial charge in [0, 0.05) is 12.3 Å². The van der Waals surface area contributed by atoms with Crippen molar-refractivity contribution in [1.29, 1.82) is 0 Å². The number of hydrogen-bond donors (Lipinski definition) is 0. The second-order valence-corrected chi connectivity index (χ2v) is 3.07. The monoisotopic (exact) mass is 140 g/mol. The third kappa shape index (κ3) is 1.34. The molecule has 1 nitrogen and oxygen atoms in total. The van der Waals surface area contributed by atoms with Crippen LogP contribution in [0.4, 0.5) is 0 Å². The molecular weight excluding hydrogens is 124 g/mol. The van der Waals surface area contributed by atoms with Gasteiger partial charge in [0.2, 0.25) is 0 Å². The molecule has 0 amide bonds. The maximum atomic E-state index is 5.50. The van der Waals surface area contributed by atoms with E-state index < -0.39 is 0 Å². The third-order valence-corrected chi connectivity index (χ3v) is 1.96. The third-order valence-electron chi connectivity index (χ3n) is 1.96. The zero-order valence-electron chi connectivity index (χ0n) is 7.11. The first kappa shape index (κ1) is 7.64. The summed E-state index contributed by atoms with van der Waals surface area (Å²) < 4.78 is 5.50. The lowest BCUT2D eigenvalue weighted by Gasteiger charge is -2.08. The Hall–Kier alpha value is -0.460. The SMILES string of the molecule is CCC1=C(C(C)C)OCC1. The quantitative estimate of drug-likeness (QED) is 0.573. The van der Waals surface area contributed by atoms with E-state index >= 15 is 0 Å². The van der Waals surface area contributed by atoms with E-state index in [-0.39, 0.29) is 0 Å². The van der Waals surface area contributed by atoms with E-state index in [9.17, 15) is 0 Å². The molecule has 0 saturated heterocycles. The molecule has 10 heavy (non-hydrogen) atoms. The molecule has 1 aliphatic heterocycles. The van der Waals surface area contributed by atoms with Crippen LogP contribution < -0.4 is 0 Å². The van der Waals surface area contributed by atoms with Gasteiger partial charge in [-0.15, -0.1) is 0 Å². The molecule has 0 saturated carbocycles. The fourth-order valence-corrected chi connectivity index (χ4v) is 1.44. The molecule has 0 fully saturated rings. The molecule has 1 heteroatoms. The van der Waals surface area contributed by atoms with Gasteiger partial charge >= 0.3 is 0 Å². The Balaban J connectivity index is 2.68. The van der Waals surface area contributed by atoms with E-state index in [4.69, 9.17) is 4.74 Å². The highest BCUT2D eigenvalue weighted by Gasteiger charge is 2.16. The Morgan fingerprint density at radius 3 is 2.60 bits per heavy atom. The van der Waals surface area contributed by atoms with Gasteiger partial charge in [0.25, 0.3) is 0 Å². The molecule has 0 atom stereocenters. The number of hydrogen-bond acceptors (Lipinski definition) is 1. The minimum atomic E-state index is 0.581. The Bertz CT molecular complexity index is 145. The van der Waals surface area contributed by atoms with Crippen LogP contribution in [0.15, 0.2) is 11.3 Å². The second-order valence-electron chi connectivity index (χ2n) is 3.07. The maximum Gasteiger partial charge on any atom is 0.0978 e. The summed E-state index contributed by atoms with van der Waals surface area (Å²) in [5.41, 5.74) is 1.52. The highest BCUT2D eigenvalue weighted by Crippen LogP contribution is 2.27. The fraction of sp³-hybridized carbons (Fsp3) is 0.778. The van der Waals surface area contributed by atoms with Crippen molar-refractivity contribution in [2.45, 2.75) is 33.6 Å². The largest absolute Gasteiger partial charge is 0.497 e. The number of ether oxygens (including phenoxy) is 1. The van der Waals surface area contributed by atoms with Crippen molar-refractivity contribution in [2.75, 3.05) is 6.61 Å². The zero-order valence-corrected chi connectivity index (χ0v) is 7.11. The molecule has 58 valence electrons. The summed E-state index contributed by atoms with van der Waals surface area (Å²) in [7, 11) is 0. The maximum absolute atomic E-state index is 5.50. The molecule has 0 aliphatic carbocycles. The van der Waals surface area contributed by atoms with Gasteiger partial charge in [-0.2, -0.15) is 0 Å². The summed E-state index contributed by atoms with van der Waals surface area (Å²) in [5, 5.41) is 0. The van der Waals surface area contributed by atoms with Crippen molar-refractivity contribution in [2.24, 2.45) is 5.92 Å². The summed E-state index contributed by atoms with van der Waals surface area (Å²) in [6, 6.07) is 0. The van der Waals surface area contributed by atoms with Crippen LogP contribution in [0.25, 0.3) is 0 Å². The van der Waals surface area contributed by atoms with Gasteiger partial charge in [0.15, 0.2) is 0 Å². The lowest BCUT2D eigenvalue weighted by Crippen LogP contribution is -1.95. The molecule has 0 aromatic rings. The molecular formula is C9H16O. The minimum absolute atomic E-state index is 0.581. The number of rotatable bonds is 2. The van der Waals surface area contributed by atoms with Gasteiger partial charge in [-0.05, 0) is 12.0 Å². The number of allylic oxidation sites excluding steroid dienone is 1. The summed E-state index contributed by atoms with van der Waals surface area (Å²) >= 11 is 0. The first-order chi connectivity index (χ1) is 4.75. The second kappa shape index (κ2) is 3.09. The zero-order chi connectivity index (χ0) is 7.56. The van der Waals surface area contributed by atoms with Crippen molar-refractivity contribution in [1.82, 2.24) is 0 Å². The van der Waals surface area contributed by atoms with E-state index in [1.807, 2.05) is 0 Å². The van der Waals surface area contributed by atoms with Crippen LogP contribution in [0.2, 0.25) is 0 Å². The molecule has 0 unspecified atom stereocenters. The summed E-state index contributed by atoms with van der Waals surface area (Å²) in [6.45, 7) is 7.50. The van der Waals surface area contributed by atoms with Crippen LogP contribution in [0.3, 0.4) is 0 Å². The van der Waals surface area contributed by atoms with E-state index in [0.29, 0.717) is 5.92 Å². The molecule has 0 spiro atoms. The van der Waals surface area contributed by atoms with E-state index in [0.717, 1.165) is 19.4 Å². The lowest BCUT2D eigenvalue weighted by atomic mass is 10.0. The van der Waals surface area contributed by atoms with Crippen molar-refractivity contribution in [3.63, 3.8) is 0 Å². The van der Waals surface area contributed by atoms with Crippen LogP contribution in [-0.4, -0.2) is 6.61 Å². The highest BCUT2D eigenvalue weighted by atomic mass is 16.5. The summed E-state index contributed by atoms with van der Waals surface area (Å²) in [5.74, 6) is 1.83. The van der Waals surface area contributed by atoms with Crippen LogP contribution in [-0.2, 0) is 4.74 Å². The Labute approximate surface area is 63.1 Å². The van der Waals surface area contributed by atoms with Gasteiger partial charge < -0.3 is 4.74 Å². The molecule has 0 bridgehead atoms. The molecule has 0 N–H and O–H groups in total. The van der Waals surface area contributed by atoms with Gasteiger partial charge in [-0.3, -0.25) is 0 Å². The van der Waals surface area contributed by atoms with Crippen LogP contribution in [0.1, 0.15) is 33.6 Å². The van der Waals surface area contributed by atoms with Gasteiger partial charge in [0.05, 0.1) is 12.4 Å². The Morgan fingerprint density at radius 2 is 2.20 bits per heavy atom. The fourth-order valence-electron chi connectivity index (χ4n) is 1.44. The normalized spacial score (nSPS) is 18.4. The van der Waals surface area contributed by atoms with Crippen LogP contribution >= 0.6 is 0 Å². The average Bonchev–Trinajstić information content (AvgIpc) is 2.33. The smallest absolute Gasteiger partial charge is 0.0978 e. The molecule has 1 rings (SSSR count). The van der Waals surface area contributed by atoms with E-state index in [1.165, 1.54) is 11.3 Å². The van der Waals surface area contributed by atoms with Gasteiger partial charge in [-0.25, -0.2) is 0 Å². The molecule has 1 aliphatic rings. The van der Waals surface area contributed by atoms with Gasteiger partial charge in [0.1, 0.15) is 0 Å². The molecule has 0 radical (unpaired) electrons. The van der Waals surface area contributed by atoms with Crippen molar-refractivity contribution in [3.05, 3.63) is 11.3 Å². The van der Waals surface area contributed by atoms with Crippen molar-refractivity contribution >= 4 is 0 Å². The first-order valence-electron chi connectivity index (χ1n) is 4.10.